The molecule has 1 aromatic carbocycles. The van der Waals surface area contributed by atoms with Crippen molar-refractivity contribution in [3.05, 3.63) is 34.3 Å². The van der Waals surface area contributed by atoms with Gasteiger partial charge in [-0.3, -0.25) is 0 Å². The van der Waals surface area contributed by atoms with E-state index in [0.29, 0.717) is 27.2 Å². The average molecular weight is 270 g/mol. The van der Waals surface area contributed by atoms with Crippen LogP contribution in [0.2, 0.25) is 10.0 Å². The Labute approximate surface area is 108 Å². The fourth-order valence-electron chi connectivity index (χ4n) is 1.39. The molecule has 0 atom stereocenters. The van der Waals surface area contributed by atoms with Crippen molar-refractivity contribution in [2.24, 2.45) is 0 Å². The first-order valence-electron chi connectivity index (χ1n) is 4.74. The minimum Gasteiger partial charge on any atom is -0.481 e. The van der Waals surface area contributed by atoms with E-state index in [4.69, 9.17) is 33.7 Å². The second-order valence-electron chi connectivity index (χ2n) is 3.26. The SMILES string of the molecule is COc1cc(-c2cccc(Cl)c2Cl)nc(N)n1. The lowest BCUT2D eigenvalue weighted by molar-refractivity contribution is 0.398. The number of benzene rings is 1. The summed E-state index contributed by atoms with van der Waals surface area (Å²) >= 11 is 12.0. The van der Waals surface area contributed by atoms with Gasteiger partial charge in [-0.05, 0) is 6.07 Å². The highest BCUT2D eigenvalue weighted by Gasteiger charge is 2.10. The van der Waals surface area contributed by atoms with Gasteiger partial charge in [0.05, 0.1) is 22.8 Å². The molecule has 88 valence electrons. The topological polar surface area (TPSA) is 61.0 Å². The van der Waals surface area contributed by atoms with Crippen molar-refractivity contribution < 1.29 is 4.74 Å². The van der Waals surface area contributed by atoms with Gasteiger partial charge in [0.2, 0.25) is 11.8 Å². The molecule has 6 heteroatoms. The summed E-state index contributed by atoms with van der Waals surface area (Å²) in [7, 11) is 1.51. The Morgan fingerprint density at radius 1 is 1.24 bits per heavy atom. The van der Waals surface area contributed by atoms with E-state index in [1.165, 1.54) is 7.11 Å². The summed E-state index contributed by atoms with van der Waals surface area (Å²) in [5.74, 6) is 0.499. The van der Waals surface area contributed by atoms with Crippen LogP contribution >= 0.6 is 23.2 Å². The van der Waals surface area contributed by atoms with Crippen LogP contribution in [0.1, 0.15) is 0 Å². The van der Waals surface area contributed by atoms with Gasteiger partial charge in [0.25, 0.3) is 0 Å². The first kappa shape index (κ1) is 12.0. The summed E-state index contributed by atoms with van der Waals surface area (Å²) in [6.07, 6.45) is 0. The van der Waals surface area contributed by atoms with Gasteiger partial charge in [0.1, 0.15) is 0 Å². The molecule has 0 aliphatic rings. The van der Waals surface area contributed by atoms with Crippen LogP contribution in [-0.2, 0) is 0 Å². The highest BCUT2D eigenvalue weighted by Crippen LogP contribution is 2.33. The number of halogens is 2. The molecule has 2 aromatic rings. The largest absolute Gasteiger partial charge is 0.481 e. The molecule has 0 fully saturated rings. The minimum absolute atomic E-state index is 0.121. The van der Waals surface area contributed by atoms with Crippen LogP contribution in [0, 0.1) is 0 Å². The van der Waals surface area contributed by atoms with Crippen molar-refractivity contribution in [3.63, 3.8) is 0 Å². The van der Waals surface area contributed by atoms with E-state index in [2.05, 4.69) is 9.97 Å². The molecular weight excluding hydrogens is 261 g/mol. The molecule has 17 heavy (non-hydrogen) atoms. The standard InChI is InChI=1S/C11H9Cl2N3O/c1-17-9-5-8(15-11(14)16-9)6-3-2-4-7(12)10(6)13/h2-5H,1H3,(H2,14,15,16). The molecular formula is C11H9Cl2N3O. The lowest BCUT2D eigenvalue weighted by Gasteiger charge is -2.07. The molecule has 0 radical (unpaired) electrons. The smallest absolute Gasteiger partial charge is 0.223 e. The van der Waals surface area contributed by atoms with Crippen molar-refractivity contribution in [1.29, 1.82) is 0 Å². The molecule has 0 amide bonds. The number of nitrogens with two attached hydrogens (primary N) is 1. The Morgan fingerprint density at radius 3 is 2.71 bits per heavy atom. The van der Waals surface area contributed by atoms with Crippen molar-refractivity contribution in [2.45, 2.75) is 0 Å². The van der Waals surface area contributed by atoms with Crippen LogP contribution in [0.3, 0.4) is 0 Å². The van der Waals surface area contributed by atoms with Crippen LogP contribution in [-0.4, -0.2) is 17.1 Å². The fraction of sp³-hybridized carbons (Fsp3) is 0.0909. The van der Waals surface area contributed by atoms with E-state index in [-0.39, 0.29) is 5.95 Å². The summed E-state index contributed by atoms with van der Waals surface area (Å²) < 4.78 is 5.02. The number of hydrogen-bond acceptors (Lipinski definition) is 4. The zero-order valence-corrected chi connectivity index (χ0v) is 10.5. The van der Waals surface area contributed by atoms with Crippen molar-refractivity contribution in [1.82, 2.24) is 9.97 Å². The Morgan fingerprint density at radius 2 is 2.00 bits per heavy atom. The van der Waals surface area contributed by atoms with Gasteiger partial charge >= 0.3 is 0 Å². The van der Waals surface area contributed by atoms with Crippen LogP contribution in [0.5, 0.6) is 5.88 Å². The van der Waals surface area contributed by atoms with E-state index in [0.717, 1.165) is 0 Å². The van der Waals surface area contributed by atoms with Gasteiger partial charge in [-0.2, -0.15) is 4.98 Å². The number of methoxy groups -OCH3 is 1. The number of anilines is 1. The molecule has 2 N–H and O–H groups in total. The molecule has 2 rings (SSSR count). The molecule has 0 bridgehead atoms. The summed E-state index contributed by atoms with van der Waals surface area (Å²) in [4.78, 5) is 8.00. The van der Waals surface area contributed by atoms with Gasteiger partial charge in [0, 0.05) is 11.6 Å². The number of hydrogen-bond donors (Lipinski definition) is 1. The molecule has 0 saturated heterocycles. The molecule has 0 spiro atoms. The molecule has 0 aliphatic heterocycles. The highest BCUT2D eigenvalue weighted by atomic mass is 35.5. The van der Waals surface area contributed by atoms with Crippen molar-refractivity contribution in [3.8, 4) is 17.1 Å². The molecule has 1 aromatic heterocycles. The van der Waals surface area contributed by atoms with Gasteiger partial charge in [-0.1, -0.05) is 35.3 Å². The van der Waals surface area contributed by atoms with E-state index in [1.54, 1.807) is 24.3 Å². The van der Waals surface area contributed by atoms with Gasteiger partial charge in [-0.25, -0.2) is 4.98 Å². The van der Waals surface area contributed by atoms with Crippen LogP contribution in [0.25, 0.3) is 11.3 Å². The maximum Gasteiger partial charge on any atom is 0.223 e. The van der Waals surface area contributed by atoms with Crippen molar-refractivity contribution >= 4 is 29.2 Å². The minimum atomic E-state index is 0.121. The average Bonchev–Trinajstić information content (AvgIpc) is 2.31. The zero-order chi connectivity index (χ0) is 12.4. The predicted octanol–water partition coefficient (Wildman–Crippen LogP) is 3.04. The van der Waals surface area contributed by atoms with Crippen LogP contribution < -0.4 is 10.5 Å². The molecule has 4 nitrogen and oxygen atoms in total. The zero-order valence-electron chi connectivity index (χ0n) is 8.95. The third kappa shape index (κ3) is 2.43. The lowest BCUT2D eigenvalue weighted by atomic mass is 10.1. The normalized spacial score (nSPS) is 10.3. The Kier molecular flexibility index (Phi) is 3.36. The number of nitrogen functional groups attached to an aromatic ring is 1. The second kappa shape index (κ2) is 4.77. The maximum absolute atomic E-state index is 6.10. The van der Waals surface area contributed by atoms with E-state index in [1.807, 2.05) is 0 Å². The Bertz CT molecular complexity index is 560. The number of ether oxygens (including phenoxy) is 1. The van der Waals surface area contributed by atoms with Crippen LogP contribution in [0.4, 0.5) is 5.95 Å². The summed E-state index contributed by atoms with van der Waals surface area (Å²) in [5.41, 5.74) is 6.84. The van der Waals surface area contributed by atoms with E-state index in [9.17, 15) is 0 Å². The van der Waals surface area contributed by atoms with E-state index < -0.39 is 0 Å². The number of aromatic nitrogens is 2. The second-order valence-corrected chi connectivity index (χ2v) is 4.04. The lowest BCUT2D eigenvalue weighted by Crippen LogP contribution is -1.99. The summed E-state index contributed by atoms with van der Waals surface area (Å²) in [6, 6.07) is 6.94. The van der Waals surface area contributed by atoms with Crippen molar-refractivity contribution in [2.75, 3.05) is 12.8 Å². The summed E-state index contributed by atoms with van der Waals surface area (Å²) in [6.45, 7) is 0. The molecule has 1 heterocycles. The molecule has 0 saturated carbocycles. The van der Waals surface area contributed by atoms with Gasteiger partial charge in [0.15, 0.2) is 0 Å². The van der Waals surface area contributed by atoms with Gasteiger partial charge < -0.3 is 10.5 Å². The number of nitrogens with zero attached hydrogens (tertiary/aromatic N) is 2. The first-order chi connectivity index (χ1) is 8.11. The monoisotopic (exact) mass is 269 g/mol. The quantitative estimate of drug-likeness (QED) is 0.911. The van der Waals surface area contributed by atoms with Gasteiger partial charge in [-0.15, -0.1) is 0 Å². The summed E-state index contributed by atoms with van der Waals surface area (Å²) in [5, 5.41) is 0.884. The predicted molar refractivity (Wildman–Crippen MR) is 68.5 cm³/mol. The fourth-order valence-corrected chi connectivity index (χ4v) is 1.78. The molecule has 0 unspecified atom stereocenters. The third-order valence-electron chi connectivity index (χ3n) is 2.16. The van der Waals surface area contributed by atoms with Crippen LogP contribution in [0.15, 0.2) is 24.3 Å². The Hall–Kier alpha value is -1.52. The molecule has 0 aliphatic carbocycles. The maximum atomic E-state index is 6.10. The Balaban J connectivity index is 2.60. The number of rotatable bonds is 2. The highest BCUT2D eigenvalue weighted by molar-refractivity contribution is 6.43. The first-order valence-corrected chi connectivity index (χ1v) is 5.50. The van der Waals surface area contributed by atoms with E-state index >= 15 is 0 Å². The third-order valence-corrected chi connectivity index (χ3v) is 2.98.